The molecule has 0 radical (unpaired) electrons. The number of amides is 2. The van der Waals surface area contributed by atoms with Gasteiger partial charge in [-0.1, -0.05) is 85.8 Å². The van der Waals surface area contributed by atoms with Crippen molar-refractivity contribution in [1.82, 2.24) is 10.2 Å². The van der Waals surface area contributed by atoms with Crippen LogP contribution in [0.25, 0.3) is 11.1 Å². The van der Waals surface area contributed by atoms with Gasteiger partial charge >= 0.3 is 12.1 Å². The van der Waals surface area contributed by atoms with E-state index in [0.717, 1.165) is 27.8 Å². The average Bonchev–Trinajstić information content (AvgIpc) is 3.27. The monoisotopic (exact) mass is 530 g/mol. The fourth-order valence-electron chi connectivity index (χ4n) is 5.16. The summed E-state index contributed by atoms with van der Waals surface area (Å²) in [4.78, 5) is 39.9. The van der Waals surface area contributed by atoms with Crippen LogP contribution >= 0.6 is 0 Å². The number of methoxy groups -OCH3 is 1. The number of aliphatic carboxylic acids is 1. The number of fused-ring (bicyclic) bond motifs is 3. The zero-order valence-electron chi connectivity index (χ0n) is 22.3. The number of ether oxygens (including phenoxy) is 2. The third kappa shape index (κ3) is 6.29. The number of carbonyl (C=O) groups is 3. The van der Waals surface area contributed by atoms with Gasteiger partial charge in [-0.05, 0) is 34.2 Å². The molecule has 2 amide bonds. The third-order valence-electron chi connectivity index (χ3n) is 7.19. The van der Waals surface area contributed by atoms with Crippen LogP contribution in [0.1, 0.15) is 42.4 Å². The second kappa shape index (κ2) is 12.6. The quantitative estimate of drug-likeness (QED) is 0.348. The van der Waals surface area contributed by atoms with E-state index in [1.165, 1.54) is 12.0 Å². The number of carboxylic acids is 1. The Morgan fingerprint density at radius 2 is 1.51 bits per heavy atom. The van der Waals surface area contributed by atoms with Gasteiger partial charge in [0.05, 0.1) is 13.0 Å². The second-order valence-corrected chi connectivity index (χ2v) is 9.68. The molecule has 0 aliphatic heterocycles. The Morgan fingerprint density at radius 3 is 2.08 bits per heavy atom. The lowest BCUT2D eigenvalue weighted by Crippen LogP contribution is -2.62. The molecule has 1 aliphatic carbocycles. The highest BCUT2D eigenvalue weighted by atomic mass is 16.5. The van der Waals surface area contributed by atoms with Gasteiger partial charge in [0.15, 0.2) is 0 Å². The smallest absolute Gasteiger partial charge is 0.408 e. The standard InChI is InChI=1S/C31H34N2O6/c1-3-31(21-38-2,29(36)33(18-17-28(34)35)19-22-11-5-4-6-12-22)32-30(37)39-20-27-25-15-9-7-13-23(25)24-14-8-10-16-26(24)27/h4-16,27H,3,17-21H2,1-2H3,(H,32,37)(H,34,35). The van der Waals surface area contributed by atoms with Gasteiger partial charge in [0.25, 0.3) is 5.91 Å². The number of hydrogen-bond donors (Lipinski definition) is 2. The number of benzene rings is 3. The summed E-state index contributed by atoms with van der Waals surface area (Å²) < 4.78 is 11.1. The summed E-state index contributed by atoms with van der Waals surface area (Å²) in [5.41, 5.74) is 3.83. The topological polar surface area (TPSA) is 105 Å². The molecular weight excluding hydrogens is 496 g/mol. The Balaban J connectivity index is 1.52. The maximum Gasteiger partial charge on any atom is 0.408 e. The van der Waals surface area contributed by atoms with E-state index in [1.807, 2.05) is 66.7 Å². The Hall–Kier alpha value is -4.17. The van der Waals surface area contributed by atoms with Crippen molar-refractivity contribution in [1.29, 1.82) is 0 Å². The van der Waals surface area contributed by atoms with Crippen LogP contribution in [-0.4, -0.2) is 60.4 Å². The fourth-order valence-corrected chi connectivity index (χ4v) is 5.16. The number of carboxylic acid groups (broad SMARTS) is 1. The first-order valence-electron chi connectivity index (χ1n) is 13.1. The molecule has 1 unspecified atom stereocenters. The highest BCUT2D eigenvalue weighted by Gasteiger charge is 2.42. The summed E-state index contributed by atoms with van der Waals surface area (Å²) >= 11 is 0. The van der Waals surface area contributed by atoms with Gasteiger partial charge in [0.2, 0.25) is 0 Å². The van der Waals surface area contributed by atoms with Crippen molar-refractivity contribution in [3.63, 3.8) is 0 Å². The normalized spacial score (nSPS) is 13.6. The van der Waals surface area contributed by atoms with Crippen LogP contribution in [0.2, 0.25) is 0 Å². The second-order valence-electron chi connectivity index (χ2n) is 9.68. The van der Waals surface area contributed by atoms with Crippen LogP contribution in [0.5, 0.6) is 0 Å². The van der Waals surface area contributed by atoms with Gasteiger partial charge in [-0.15, -0.1) is 0 Å². The van der Waals surface area contributed by atoms with E-state index in [9.17, 15) is 19.5 Å². The van der Waals surface area contributed by atoms with Gasteiger partial charge in [-0.2, -0.15) is 0 Å². The molecule has 3 aromatic rings. The maximum atomic E-state index is 13.9. The first kappa shape index (κ1) is 27.9. The van der Waals surface area contributed by atoms with Crippen molar-refractivity contribution >= 4 is 18.0 Å². The van der Waals surface area contributed by atoms with E-state index < -0.39 is 23.5 Å². The van der Waals surface area contributed by atoms with E-state index in [4.69, 9.17) is 9.47 Å². The van der Waals surface area contributed by atoms with Crippen molar-refractivity contribution in [2.75, 3.05) is 26.9 Å². The van der Waals surface area contributed by atoms with E-state index in [1.54, 1.807) is 6.92 Å². The average molecular weight is 531 g/mol. The van der Waals surface area contributed by atoms with Gasteiger partial charge < -0.3 is 24.8 Å². The molecule has 0 fully saturated rings. The van der Waals surface area contributed by atoms with E-state index in [-0.39, 0.29) is 45.1 Å². The molecule has 3 aromatic carbocycles. The molecule has 1 aliphatic rings. The molecule has 0 spiro atoms. The maximum absolute atomic E-state index is 13.9. The number of nitrogens with zero attached hydrogens (tertiary/aromatic N) is 1. The van der Waals surface area contributed by atoms with Gasteiger partial charge in [-0.25, -0.2) is 4.79 Å². The van der Waals surface area contributed by atoms with Crippen molar-refractivity contribution in [3.8, 4) is 11.1 Å². The lowest BCUT2D eigenvalue weighted by atomic mass is 9.94. The van der Waals surface area contributed by atoms with Crippen molar-refractivity contribution in [3.05, 3.63) is 95.6 Å². The first-order chi connectivity index (χ1) is 18.9. The Kier molecular flexibility index (Phi) is 8.99. The summed E-state index contributed by atoms with van der Waals surface area (Å²) in [7, 11) is 1.45. The SMILES string of the molecule is CCC(COC)(NC(=O)OCC1c2ccccc2-c2ccccc21)C(=O)N(CCC(=O)O)Cc1ccccc1. The predicted octanol–water partition coefficient (Wildman–Crippen LogP) is 4.82. The molecule has 1 atom stereocenters. The molecule has 0 bridgehead atoms. The lowest BCUT2D eigenvalue weighted by molar-refractivity contribution is -0.143. The molecule has 4 rings (SSSR count). The zero-order valence-corrected chi connectivity index (χ0v) is 22.3. The summed E-state index contributed by atoms with van der Waals surface area (Å²) in [6.45, 7) is 1.97. The molecule has 8 heteroatoms. The zero-order chi connectivity index (χ0) is 27.8. The Bertz CT molecular complexity index is 1270. The van der Waals surface area contributed by atoms with Crippen molar-refractivity contribution < 1.29 is 29.0 Å². The summed E-state index contributed by atoms with van der Waals surface area (Å²) in [6, 6.07) is 25.4. The molecule has 204 valence electrons. The molecule has 2 N–H and O–H groups in total. The molecular formula is C31H34N2O6. The van der Waals surface area contributed by atoms with Crippen LogP contribution in [0, 0.1) is 0 Å². The van der Waals surface area contributed by atoms with Crippen LogP contribution < -0.4 is 5.32 Å². The summed E-state index contributed by atoms with van der Waals surface area (Å²) in [5.74, 6) is -1.56. The highest BCUT2D eigenvalue weighted by Crippen LogP contribution is 2.44. The van der Waals surface area contributed by atoms with Crippen LogP contribution in [0.15, 0.2) is 78.9 Å². The van der Waals surface area contributed by atoms with Crippen molar-refractivity contribution in [2.45, 2.75) is 37.8 Å². The number of carbonyl (C=O) groups excluding carboxylic acids is 2. The van der Waals surface area contributed by atoms with E-state index >= 15 is 0 Å². The first-order valence-corrected chi connectivity index (χ1v) is 13.1. The minimum absolute atomic E-state index is 0.0130. The van der Waals surface area contributed by atoms with Crippen LogP contribution in [0.3, 0.4) is 0 Å². The van der Waals surface area contributed by atoms with E-state index in [2.05, 4.69) is 17.4 Å². The summed E-state index contributed by atoms with van der Waals surface area (Å²) in [5, 5.41) is 12.1. The minimum atomic E-state index is -1.43. The number of alkyl carbamates (subject to hydrolysis) is 1. The molecule has 0 saturated heterocycles. The van der Waals surface area contributed by atoms with Crippen LogP contribution in [0.4, 0.5) is 4.79 Å². The molecule has 0 heterocycles. The van der Waals surface area contributed by atoms with Crippen LogP contribution in [-0.2, 0) is 25.6 Å². The van der Waals surface area contributed by atoms with E-state index in [0.29, 0.717) is 0 Å². The lowest BCUT2D eigenvalue weighted by Gasteiger charge is -2.36. The predicted molar refractivity (Wildman–Crippen MR) is 147 cm³/mol. The molecule has 39 heavy (non-hydrogen) atoms. The number of rotatable bonds is 12. The summed E-state index contributed by atoms with van der Waals surface area (Å²) in [6.07, 6.45) is -0.736. The van der Waals surface area contributed by atoms with Gasteiger partial charge in [0, 0.05) is 26.1 Å². The Labute approximate surface area is 228 Å². The highest BCUT2D eigenvalue weighted by molar-refractivity contribution is 5.90. The third-order valence-corrected chi connectivity index (χ3v) is 7.19. The Morgan fingerprint density at radius 1 is 0.923 bits per heavy atom. The fraction of sp³-hybridized carbons (Fsp3) is 0.323. The van der Waals surface area contributed by atoms with Gasteiger partial charge in [0.1, 0.15) is 12.1 Å². The molecule has 0 aromatic heterocycles. The largest absolute Gasteiger partial charge is 0.481 e. The van der Waals surface area contributed by atoms with Crippen molar-refractivity contribution in [2.24, 2.45) is 0 Å². The van der Waals surface area contributed by atoms with Gasteiger partial charge in [-0.3, -0.25) is 9.59 Å². The molecule has 0 saturated carbocycles. The number of hydrogen-bond acceptors (Lipinski definition) is 5. The number of nitrogens with one attached hydrogen (secondary N) is 1. The minimum Gasteiger partial charge on any atom is -0.481 e. The molecule has 8 nitrogen and oxygen atoms in total.